The maximum atomic E-state index is 12.7. The first-order chi connectivity index (χ1) is 8.50. The van der Waals surface area contributed by atoms with Gasteiger partial charge in [-0.3, -0.25) is 9.69 Å². The van der Waals surface area contributed by atoms with Gasteiger partial charge in [0.05, 0.1) is 5.54 Å². The molecule has 0 aromatic heterocycles. The van der Waals surface area contributed by atoms with Crippen LogP contribution >= 0.6 is 0 Å². The highest BCUT2D eigenvalue weighted by atomic mass is 16.2. The van der Waals surface area contributed by atoms with Gasteiger partial charge in [-0.15, -0.1) is 0 Å². The molecule has 3 unspecified atom stereocenters. The zero-order chi connectivity index (χ0) is 12.9. The Morgan fingerprint density at radius 1 is 1.28 bits per heavy atom. The summed E-state index contributed by atoms with van der Waals surface area (Å²) in [6.07, 6.45) is 4.76. The Balaban J connectivity index is 1.73. The van der Waals surface area contributed by atoms with Crippen molar-refractivity contribution in [3.63, 3.8) is 0 Å². The van der Waals surface area contributed by atoms with Gasteiger partial charge in [-0.05, 0) is 52.0 Å². The van der Waals surface area contributed by atoms with Crippen LogP contribution in [0.25, 0.3) is 0 Å². The molecule has 3 atom stereocenters. The molecule has 2 aliphatic heterocycles. The van der Waals surface area contributed by atoms with Crippen LogP contribution in [0.3, 0.4) is 0 Å². The Kier molecular flexibility index (Phi) is 2.90. The maximum absolute atomic E-state index is 12.7. The number of nitrogens with two attached hydrogens (primary N) is 1. The minimum Gasteiger partial charge on any atom is -0.336 e. The van der Waals surface area contributed by atoms with Crippen LogP contribution in [0.5, 0.6) is 0 Å². The van der Waals surface area contributed by atoms with Crippen molar-refractivity contribution >= 4 is 5.91 Å². The largest absolute Gasteiger partial charge is 0.336 e. The van der Waals surface area contributed by atoms with Crippen molar-refractivity contribution in [3.05, 3.63) is 0 Å². The third-order valence-corrected chi connectivity index (χ3v) is 5.08. The summed E-state index contributed by atoms with van der Waals surface area (Å²) in [7, 11) is 0. The summed E-state index contributed by atoms with van der Waals surface area (Å²) in [6.45, 7) is 7.21. The summed E-state index contributed by atoms with van der Waals surface area (Å²) in [5, 5.41) is 0. The fourth-order valence-electron chi connectivity index (χ4n) is 3.64. The first-order valence-electron chi connectivity index (χ1n) is 7.34. The second-order valence-electron chi connectivity index (χ2n) is 6.65. The average molecular weight is 251 g/mol. The molecule has 3 fully saturated rings. The van der Waals surface area contributed by atoms with E-state index < -0.39 is 5.54 Å². The Morgan fingerprint density at radius 2 is 2.00 bits per heavy atom. The smallest absolute Gasteiger partial charge is 0.242 e. The third kappa shape index (κ3) is 1.95. The second kappa shape index (κ2) is 4.20. The van der Waals surface area contributed by atoms with E-state index in [1.54, 1.807) is 0 Å². The molecule has 4 heteroatoms. The van der Waals surface area contributed by atoms with E-state index in [0.29, 0.717) is 18.0 Å². The molecular formula is C14H25N3O. The van der Waals surface area contributed by atoms with Gasteiger partial charge in [0.1, 0.15) is 0 Å². The molecule has 18 heavy (non-hydrogen) atoms. The molecule has 1 amide bonds. The van der Waals surface area contributed by atoms with Crippen molar-refractivity contribution in [1.82, 2.24) is 9.80 Å². The van der Waals surface area contributed by atoms with Gasteiger partial charge in [0.25, 0.3) is 0 Å². The molecule has 4 nitrogen and oxygen atoms in total. The predicted octanol–water partition coefficient (Wildman–Crippen LogP) is 0.809. The van der Waals surface area contributed by atoms with Crippen LogP contribution in [0.1, 0.15) is 39.5 Å². The number of carbonyl (C=O) groups is 1. The van der Waals surface area contributed by atoms with Gasteiger partial charge in [0.15, 0.2) is 0 Å². The van der Waals surface area contributed by atoms with Gasteiger partial charge < -0.3 is 10.6 Å². The van der Waals surface area contributed by atoms with Crippen LogP contribution in [0, 0.1) is 5.92 Å². The standard InChI is InChI=1S/C14H25N3O/c1-10-8-16-7-3-4-12(16)9-17(10)13(18)14(2,15)11-5-6-11/h10-12H,3-9,15H2,1-2H3. The van der Waals surface area contributed by atoms with E-state index >= 15 is 0 Å². The van der Waals surface area contributed by atoms with E-state index in [2.05, 4.69) is 16.7 Å². The van der Waals surface area contributed by atoms with Crippen LogP contribution < -0.4 is 5.73 Å². The van der Waals surface area contributed by atoms with Crippen molar-refractivity contribution in [2.75, 3.05) is 19.6 Å². The number of hydrogen-bond donors (Lipinski definition) is 1. The van der Waals surface area contributed by atoms with Crippen LogP contribution in [-0.4, -0.2) is 53.0 Å². The average Bonchev–Trinajstić information content (AvgIpc) is 3.09. The van der Waals surface area contributed by atoms with E-state index in [1.807, 2.05) is 6.92 Å². The maximum Gasteiger partial charge on any atom is 0.242 e. The summed E-state index contributed by atoms with van der Waals surface area (Å²) in [6, 6.07) is 0.897. The summed E-state index contributed by atoms with van der Waals surface area (Å²) in [5.74, 6) is 0.600. The van der Waals surface area contributed by atoms with Gasteiger partial charge in [0.2, 0.25) is 5.91 Å². The molecule has 0 spiro atoms. The number of carbonyl (C=O) groups excluding carboxylic acids is 1. The lowest BCUT2D eigenvalue weighted by molar-refractivity contribution is -0.142. The van der Waals surface area contributed by atoms with Crippen molar-refractivity contribution in [2.24, 2.45) is 11.7 Å². The first kappa shape index (κ1) is 12.4. The van der Waals surface area contributed by atoms with E-state index in [9.17, 15) is 4.79 Å². The Bertz CT molecular complexity index is 351. The Labute approximate surface area is 109 Å². The van der Waals surface area contributed by atoms with E-state index in [0.717, 1.165) is 25.9 Å². The molecule has 3 rings (SSSR count). The zero-order valence-corrected chi connectivity index (χ0v) is 11.6. The van der Waals surface area contributed by atoms with Crippen LogP contribution in [0.4, 0.5) is 0 Å². The van der Waals surface area contributed by atoms with E-state index in [1.165, 1.54) is 19.4 Å². The monoisotopic (exact) mass is 251 g/mol. The fraction of sp³-hybridized carbons (Fsp3) is 0.929. The Hall–Kier alpha value is -0.610. The van der Waals surface area contributed by atoms with Crippen LogP contribution in [0.2, 0.25) is 0 Å². The zero-order valence-electron chi connectivity index (χ0n) is 11.6. The number of nitrogens with zero attached hydrogens (tertiary/aromatic N) is 2. The molecule has 3 aliphatic rings. The van der Waals surface area contributed by atoms with Crippen LogP contribution in [-0.2, 0) is 4.79 Å². The molecule has 0 aromatic carbocycles. The summed E-state index contributed by atoms with van der Waals surface area (Å²) < 4.78 is 0. The molecule has 1 aliphatic carbocycles. The van der Waals surface area contributed by atoms with Crippen molar-refractivity contribution in [1.29, 1.82) is 0 Å². The lowest BCUT2D eigenvalue weighted by atomic mass is 9.93. The molecule has 2 heterocycles. The van der Waals surface area contributed by atoms with E-state index in [4.69, 9.17) is 5.73 Å². The quantitative estimate of drug-likeness (QED) is 0.790. The van der Waals surface area contributed by atoms with E-state index in [-0.39, 0.29) is 5.91 Å². The summed E-state index contributed by atoms with van der Waals surface area (Å²) in [5.41, 5.74) is 5.66. The molecule has 0 aromatic rings. The van der Waals surface area contributed by atoms with Gasteiger partial charge in [-0.2, -0.15) is 0 Å². The third-order valence-electron chi connectivity index (χ3n) is 5.08. The van der Waals surface area contributed by atoms with Gasteiger partial charge >= 0.3 is 0 Å². The highest BCUT2D eigenvalue weighted by Crippen LogP contribution is 2.39. The molecule has 1 saturated carbocycles. The topological polar surface area (TPSA) is 49.6 Å². The molecular weight excluding hydrogens is 226 g/mol. The first-order valence-corrected chi connectivity index (χ1v) is 7.34. The summed E-state index contributed by atoms with van der Waals surface area (Å²) in [4.78, 5) is 17.3. The molecule has 102 valence electrons. The highest BCUT2D eigenvalue weighted by molar-refractivity contribution is 5.87. The van der Waals surface area contributed by atoms with Gasteiger partial charge in [0, 0.05) is 25.2 Å². The van der Waals surface area contributed by atoms with Gasteiger partial charge in [-0.1, -0.05) is 0 Å². The van der Waals surface area contributed by atoms with Crippen molar-refractivity contribution in [3.8, 4) is 0 Å². The summed E-state index contributed by atoms with van der Waals surface area (Å²) >= 11 is 0. The fourth-order valence-corrected chi connectivity index (χ4v) is 3.64. The number of rotatable bonds is 2. The van der Waals surface area contributed by atoms with Crippen LogP contribution in [0.15, 0.2) is 0 Å². The van der Waals surface area contributed by atoms with Crippen molar-refractivity contribution in [2.45, 2.75) is 57.2 Å². The number of amides is 1. The number of hydrogen-bond acceptors (Lipinski definition) is 3. The van der Waals surface area contributed by atoms with Gasteiger partial charge in [-0.25, -0.2) is 0 Å². The lowest BCUT2D eigenvalue weighted by Gasteiger charge is -2.45. The number of fused-ring (bicyclic) bond motifs is 1. The minimum atomic E-state index is -0.630. The highest BCUT2D eigenvalue weighted by Gasteiger charge is 2.48. The second-order valence-corrected chi connectivity index (χ2v) is 6.65. The molecule has 0 bridgehead atoms. The molecule has 0 radical (unpaired) electrons. The number of piperazine rings is 1. The Morgan fingerprint density at radius 3 is 2.67 bits per heavy atom. The normalized spacial score (nSPS) is 36.3. The predicted molar refractivity (Wildman–Crippen MR) is 71.1 cm³/mol. The molecule has 2 N–H and O–H groups in total. The minimum absolute atomic E-state index is 0.184. The molecule has 2 saturated heterocycles. The lowest BCUT2D eigenvalue weighted by Crippen LogP contribution is -2.63. The van der Waals surface area contributed by atoms with Crippen molar-refractivity contribution < 1.29 is 4.79 Å². The SMILES string of the molecule is CC1CN2CCCC2CN1C(=O)C(C)(N)C1CC1.